The molecular formula is C15H30N2O. The van der Waals surface area contributed by atoms with Crippen LogP contribution in [0.4, 0.5) is 0 Å². The van der Waals surface area contributed by atoms with Gasteiger partial charge in [-0.05, 0) is 50.0 Å². The van der Waals surface area contributed by atoms with Gasteiger partial charge in [-0.3, -0.25) is 4.79 Å². The van der Waals surface area contributed by atoms with Gasteiger partial charge < -0.3 is 10.6 Å². The second-order valence-corrected chi connectivity index (χ2v) is 6.62. The third-order valence-corrected chi connectivity index (χ3v) is 4.21. The standard InChI is InChI=1S/C15H30N2O/c1-13-5-4-11-17(12-7-13)14(18)6-8-15(2,3)9-10-16/h13H,4-12,16H2,1-3H3. The highest BCUT2D eigenvalue weighted by Gasteiger charge is 2.22. The van der Waals surface area contributed by atoms with Crippen molar-refractivity contribution in [2.75, 3.05) is 19.6 Å². The quantitative estimate of drug-likeness (QED) is 0.820. The third-order valence-electron chi connectivity index (χ3n) is 4.21. The van der Waals surface area contributed by atoms with Crippen molar-refractivity contribution in [3.05, 3.63) is 0 Å². The lowest BCUT2D eigenvalue weighted by atomic mass is 9.84. The van der Waals surface area contributed by atoms with Gasteiger partial charge in [-0.25, -0.2) is 0 Å². The maximum Gasteiger partial charge on any atom is 0.222 e. The fourth-order valence-corrected chi connectivity index (χ4v) is 2.63. The summed E-state index contributed by atoms with van der Waals surface area (Å²) in [4.78, 5) is 14.3. The number of likely N-dealkylation sites (tertiary alicyclic amines) is 1. The Bertz CT molecular complexity index is 263. The topological polar surface area (TPSA) is 46.3 Å². The molecule has 106 valence electrons. The van der Waals surface area contributed by atoms with E-state index >= 15 is 0 Å². The summed E-state index contributed by atoms with van der Waals surface area (Å²) < 4.78 is 0. The summed E-state index contributed by atoms with van der Waals surface area (Å²) in [5, 5.41) is 0. The van der Waals surface area contributed by atoms with Crippen LogP contribution >= 0.6 is 0 Å². The summed E-state index contributed by atoms with van der Waals surface area (Å²) in [5.74, 6) is 1.12. The first-order valence-corrected chi connectivity index (χ1v) is 7.42. The van der Waals surface area contributed by atoms with E-state index in [1.807, 2.05) is 0 Å². The molecule has 0 aromatic carbocycles. The fraction of sp³-hybridized carbons (Fsp3) is 0.933. The molecular weight excluding hydrogens is 224 g/mol. The van der Waals surface area contributed by atoms with Gasteiger partial charge in [0.15, 0.2) is 0 Å². The van der Waals surface area contributed by atoms with Gasteiger partial charge in [-0.2, -0.15) is 0 Å². The molecule has 1 fully saturated rings. The highest BCUT2D eigenvalue weighted by molar-refractivity contribution is 5.76. The van der Waals surface area contributed by atoms with Crippen LogP contribution in [0.2, 0.25) is 0 Å². The maximum absolute atomic E-state index is 12.2. The molecule has 1 saturated heterocycles. The van der Waals surface area contributed by atoms with Crippen molar-refractivity contribution in [2.24, 2.45) is 17.1 Å². The van der Waals surface area contributed by atoms with E-state index in [1.165, 1.54) is 12.8 Å². The zero-order chi connectivity index (χ0) is 13.6. The Kier molecular flexibility index (Phi) is 6.13. The number of rotatable bonds is 5. The number of carbonyl (C=O) groups excluding carboxylic acids is 1. The minimum atomic E-state index is 0.198. The second-order valence-electron chi connectivity index (χ2n) is 6.62. The van der Waals surface area contributed by atoms with Crippen molar-refractivity contribution in [1.82, 2.24) is 4.90 Å². The van der Waals surface area contributed by atoms with Gasteiger partial charge in [0.1, 0.15) is 0 Å². The number of hydrogen-bond donors (Lipinski definition) is 1. The van der Waals surface area contributed by atoms with Crippen LogP contribution in [0.15, 0.2) is 0 Å². The Balaban J connectivity index is 2.36. The van der Waals surface area contributed by atoms with E-state index < -0.39 is 0 Å². The van der Waals surface area contributed by atoms with Crippen LogP contribution in [0.5, 0.6) is 0 Å². The maximum atomic E-state index is 12.2. The van der Waals surface area contributed by atoms with Crippen LogP contribution in [-0.2, 0) is 4.79 Å². The molecule has 3 heteroatoms. The molecule has 2 N–H and O–H groups in total. The van der Waals surface area contributed by atoms with Crippen molar-refractivity contribution in [3.8, 4) is 0 Å². The summed E-state index contributed by atoms with van der Waals surface area (Å²) in [6.07, 6.45) is 6.23. The molecule has 0 aromatic heterocycles. The smallest absolute Gasteiger partial charge is 0.222 e. The van der Waals surface area contributed by atoms with Crippen LogP contribution in [-0.4, -0.2) is 30.4 Å². The summed E-state index contributed by atoms with van der Waals surface area (Å²) >= 11 is 0. The van der Waals surface area contributed by atoms with Crippen LogP contribution < -0.4 is 5.73 Å². The second kappa shape index (κ2) is 7.13. The molecule has 1 unspecified atom stereocenters. The summed E-state index contributed by atoms with van der Waals surface area (Å²) in [6.45, 7) is 9.33. The fourth-order valence-electron chi connectivity index (χ4n) is 2.63. The molecule has 0 aromatic rings. The molecule has 1 heterocycles. The summed E-state index contributed by atoms with van der Waals surface area (Å²) in [5.41, 5.74) is 5.80. The van der Waals surface area contributed by atoms with Crippen LogP contribution in [0.25, 0.3) is 0 Å². The molecule has 0 aliphatic carbocycles. The molecule has 1 aliphatic rings. The molecule has 0 saturated carbocycles. The Morgan fingerprint density at radius 1 is 1.28 bits per heavy atom. The summed E-state index contributed by atoms with van der Waals surface area (Å²) in [7, 11) is 0. The van der Waals surface area contributed by atoms with E-state index in [0.717, 1.165) is 38.3 Å². The van der Waals surface area contributed by atoms with Crippen molar-refractivity contribution < 1.29 is 4.79 Å². The average molecular weight is 254 g/mol. The normalized spacial score (nSPS) is 21.8. The average Bonchev–Trinajstić information content (AvgIpc) is 2.51. The van der Waals surface area contributed by atoms with Gasteiger partial charge in [0, 0.05) is 19.5 Å². The Labute approximate surface area is 112 Å². The van der Waals surface area contributed by atoms with Gasteiger partial charge in [0.05, 0.1) is 0 Å². The molecule has 1 amide bonds. The van der Waals surface area contributed by atoms with E-state index in [2.05, 4.69) is 25.7 Å². The van der Waals surface area contributed by atoms with E-state index in [-0.39, 0.29) is 5.41 Å². The van der Waals surface area contributed by atoms with Gasteiger partial charge in [0.2, 0.25) is 5.91 Å². The number of carbonyl (C=O) groups is 1. The van der Waals surface area contributed by atoms with Crippen molar-refractivity contribution >= 4 is 5.91 Å². The Morgan fingerprint density at radius 3 is 2.67 bits per heavy atom. The van der Waals surface area contributed by atoms with Crippen LogP contribution in [0, 0.1) is 11.3 Å². The first kappa shape index (κ1) is 15.5. The monoisotopic (exact) mass is 254 g/mol. The molecule has 1 atom stereocenters. The van der Waals surface area contributed by atoms with Crippen LogP contribution in [0.1, 0.15) is 59.3 Å². The van der Waals surface area contributed by atoms with Gasteiger partial charge in [-0.1, -0.05) is 20.8 Å². The molecule has 0 spiro atoms. The van der Waals surface area contributed by atoms with Gasteiger partial charge in [0.25, 0.3) is 0 Å². The zero-order valence-electron chi connectivity index (χ0n) is 12.4. The third kappa shape index (κ3) is 5.38. The lowest BCUT2D eigenvalue weighted by molar-refractivity contribution is -0.131. The SMILES string of the molecule is CC1CCCN(C(=O)CCC(C)(C)CCN)CC1. The summed E-state index contributed by atoms with van der Waals surface area (Å²) in [6, 6.07) is 0. The first-order valence-electron chi connectivity index (χ1n) is 7.42. The molecule has 1 rings (SSSR count). The van der Waals surface area contributed by atoms with Crippen molar-refractivity contribution in [2.45, 2.75) is 59.3 Å². The van der Waals surface area contributed by atoms with Crippen molar-refractivity contribution in [1.29, 1.82) is 0 Å². The molecule has 1 aliphatic heterocycles. The van der Waals surface area contributed by atoms with E-state index in [9.17, 15) is 4.79 Å². The lowest BCUT2D eigenvalue weighted by Gasteiger charge is -2.26. The molecule has 3 nitrogen and oxygen atoms in total. The van der Waals surface area contributed by atoms with Gasteiger partial charge in [-0.15, -0.1) is 0 Å². The van der Waals surface area contributed by atoms with Crippen molar-refractivity contribution in [3.63, 3.8) is 0 Å². The molecule has 0 bridgehead atoms. The zero-order valence-corrected chi connectivity index (χ0v) is 12.4. The largest absolute Gasteiger partial charge is 0.343 e. The Morgan fingerprint density at radius 2 is 2.00 bits per heavy atom. The Hall–Kier alpha value is -0.570. The van der Waals surface area contributed by atoms with E-state index in [0.29, 0.717) is 18.9 Å². The van der Waals surface area contributed by atoms with Gasteiger partial charge >= 0.3 is 0 Å². The first-order chi connectivity index (χ1) is 8.44. The number of hydrogen-bond acceptors (Lipinski definition) is 2. The lowest BCUT2D eigenvalue weighted by Crippen LogP contribution is -2.33. The van der Waals surface area contributed by atoms with Crippen LogP contribution in [0.3, 0.4) is 0 Å². The molecule has 18 heavy (non-hydrogen) atoms. The molecule has 0 radical (unpaired) electrons. The number of nitrogens with two attached hydrogens (primary N) is 1. The highest BCUT2D eigenvalue weighted by atomic mass is 16.2. The predicted octanol–water partition coefficient (Wildman–Crippen LogP) is 2.79. The minimum Gasteiger partial charge on any atom is -0.343 e. The predicted molar refractivity (Wildman–Crippen MR) is 76.3 cm³/mol. The van der Waals surface area contributed by atoms with E-state index in [4.69, 9.17) is 5.73 Å². The minimum absolute atomic E-state index is 0.198. The number of amides is 1. The van der Waals surface area contributed by atoms with E-state index in [1.54, 1.807) is 0 Å². The number of nitrogens with zero attached hydrogens (tertiary/aromatic N) is 1. The highest BCUT2D eigenvalue weighted by Crippen LogP contribution is 2.26.